The summed E-state index contributed by atoms with van der Waals surface area (Å²) in [5.74, 6) is 0. The summed E-state index contributed by atoms with van der Waals surface area (Å²) < 4.78 is 5.51. The maximum atomic E-state index is 9.90. The summed E-state index contributed by atoms with van der Waals surface area (Å²) in [5, 5.41) is 23.4. The van der Waals surface area contributed by atoms with Crippen molar-refractivity contribution in [3.63, 3.8) is 0 Å². The quantitative estimate of drug-likeness (QED) is 0.721. The predicted octanol–water partition coefficient (Wildman–Crippen LogP) is 2.11. The van der Waals surface area contributed by atoms with Gasteiger partial charge < -0.3 is 20.3 Å². The van der Waals surface area contributed by atoms with E-state index in [1.165, 1.54) is 0 Å². The summed E-state index contributed by atoms with van der Waals surface area (Å²) in [6.45, 7) is 1.32. The average Bonchev–Trinajstić information content (AvgIpc) is 2.49. The molecular weight excluding hydrogens is 290 g/mol. The third-order valence-corrected chi connectivity index (χ3v) is 4.08. The molecule has 1 aliphatic carbocycles. The molecule has 0 spiro atoms. The molecule has 118 valence electrons. The van der Waals surface area contributed by atoms with Gasteiger partial charge in [0.1, 0.15) is 0 Å². The number of hydrogen-bond acceptors (Lipinski definition) is 4. The Hall–Kier alpha value is -0.650. The van der Waals surface area contributed by atoms with Crippen LogP contribution in [0, 0.1) is 0 Å². The fraction of sp³-hybridized carbons (Fsp3) is 0.625. The van der Waals surface area contributed by atoms with Gasteiger partial charge in [-0.1, -0.05) is 23.7 Å². The number of rotatable bonds is 7. The molecule has 0 amide bonds. The Morgan fingerprint density at radius 3 is 2.52 bits per heavy atom. The summed E-state index contributed by atoms with van der Waals surface area (Å²) in [5.41, 5.74) is 1.04. The van der Waals surface area contributed by atoms with Crippen molar-refractivity contribution in [3.05, 3.63) is 34.9 Å². The smallest absolute Gasteiger partial charge is 0.0897 e. The normalized spacial score (nSPS) is 24.0. The molecule has 1 saturated carbocycles. The van der Waals surface area contributed by atoms with Crippen molar-refractivity contribution in [3.8, 4) is 0 Å². The number of benzene rings is 1. The molecule has 5 heteroatoms. The Bertz CT molecular complexity index is 404. The van der Waals surface area contributed by atoms with Crippen LogP contribution in [0.4, 0.5) is 0 Å². The van der Waals surface area contributed by atoms with E-state index in [4.69, 9.17) is 16.3 Å². The zero-order valence-corrected chi connectivity index (χ0v) is 12.9. The third kappa shape index (κ3) is 6.32. The van der Waals surface area contributed by atoms with Crippen LogP contribution in [0.15, 0.2) is 24.3 Å². The number of aliphatic hydroxyl groups excluding tert-OH is 2. The standard InChI is InChI=1S/C16H24ClNO3/c17-13-3-1-12(2-4-13)10-21-11-16(20)9-18-14-5-7-15(19)8-6-14/h1-4,14-16,18-20H,5-11H2/t14?,15?,16-/m1/s1. The molecule has 1 aliphatic rings. The second kappa shape index (κ2) is 8.71. The van der Waals surface area contributed by atoms with E-state index in [0.717, 1.165) is 31.2 Å². The molecule has 1 atom stereocenters. The second-order valence-corrected chi connectivity index (χ2v) is 6.15. The van der Waals surface area contributed by atoms with Crippen molar-refractivity contribution in [1.82, 2.24) is 5.32 Å². The Kier molecular flexibility index (Phi) is 6.93. The van der Waals surface area contributed by atoms with E-state index in [0.29, 0.717) is 30.8 Å². The fourth-order valence-corrected chi connectivity index (χ4v) is 2.66. The molecule has 2 rings (SSSR count). The summed E-state index contributed by atoms with van der Waals surface area (Å²) in [4.78, 5) is 0. The minimum atomic E-state index is -0.510. The molecule has 0 bridgehead atoms. The van der Waals surface area contributed by atoms with E-state index in [2.05, 4.69) is 5.32 Å². The highest BCUT2D eigenvalue weighted by Crippen LogP contribution is 2.18. The van der Waals surface area contributed by atoms with E-state index in [-0.39, 0.29) is 6.10 Å². The minimum absolute atomic E-state index is 0.143. The molecule has 21 heavy (non-hydrogen) atoms. The van der Waals surface area contributed by atoms with Crippen LogP contribution in [-0.4, -0.2) is 41.6 Å². The van der Waals surface area contributed by atoms with Crippen molar-refractivity contribution in [2.24, 2.45) is 0 Å². The first-order valence-electron chi connectivity index (χ1n) is 7.55. The largest absolute Gasteiger partial charge is 0.393 e. The van der Waals surface area contributed by atoms with Gasteiger partial charge in [-0.2, -0.15) is 0 Å². The third-order valence-electron chi connectivity index (χ3n) is 3.83. The Labute approximate surface area is 131 Å². The highest BCUT2D eigenvalue weighted by atomic mass is 35.5. The number of halogens is 1. The molecule has 3 N–H and O–H groups in total. The molecule has 1 aromatic rings. The molecule has 1 aromatic carbocycles. The monoisotopic (exact) mass is 313 g/mol. The first kappa shape index (κ1) is 16.7. The molecule has 0 aromatic heterocycles. The van der Waals surface area contributed by atoms with Gasteiger partial charge in [-0.15, -0.1) is 0 Å². The maximum absolute atomic E-state index is 9.90. The first-order valence-corrected chi connectivity index (χ1v) is 7.93. The highest BCUT2D eigenvalue weighted by molar-refractivity contribution is 6.30. The van der Waals surface area contributed by atoms with Crippen molar-refractivity contribution >= 4 is 11.6 Å². The Morgan fingerprint density at radius 1 is 1.19 bits per heavy atom. The number of hydrogen-bond donors (Lipinski definition) is 3. The lowest BCUT2D eigenvalue weighted by molar-refractivity contribution is 0.0258. The zero-order valence-electron chi connectivity index (χ0n) is 12.2. The lowest BCUT2D eigenvalue weighted by Gasteiger charge is -2.27. The van der Waals surface area contributed by atoms with Crippen LogP contribution in [-0.2, 0) is 11.3 Å². The fourth-order valence-electron chi connectivity index (χ4n) is 2.54. The first-order chi connectivity index (χ1) is 10.1. The van der Waals surface area contributed by atoms with Gasteiger partial charge in [-0.25, -0.2) is 0 Å². The van der Waals surface area contributed by atoms with Crippen LogP contribution in [0.5, 0.6) is 0 Å². The van der Waals surface area contributed by atoms with Gasteiger partial charge in [0.15, 0.2) is 0 Å². The van der Waals surface area contributed by atoms with Crippen LogP contribution in [0.2, 0.25) is 5.02 Å². The van der Waals surface area contributed by atoms with Gasteiger partial charge in [0, 0.05) is 17.6 Å². The van der Waals surface area contributed by atoms with Crippen LogP contribution in [0.25, 0.3) is 0 Å². The molecule has 1 fully saturated rings. The van der Waals surface area contributed by atoms with Crippen molar-refractivity contribution in [1.29, 1.82) is 0 Å². The molecule has 4 nitrogen and oxygen atoms in total. The summed E-state index contributed by atoms with van der Waals surface area (Å²) >= 11 is 5.82. The summed E-state index contributed by atoms with van der Waals surface area (Å²) in [7, 11) is 0. The van der Waals surface area contributed by atoms with Crippen LogP contribution >= 0.6 is 11.6 Å². The zero-order chi connectivity index (χ0) is 15.1. The number of aliphatic hydroxyl groups is 2. The van der Waals surface area contributed by atoms with E-state index >= 15 is 0 Å². The van der Waals surface area contributed by atoms with Crippen molar-refractivity contribution < 1.29 is 14.9 Å². The van der Waals surface area contributed by atoms with Gasteiger partial charge in [-0.3, -0.25) is 0 Å². The van der Waals surface area contributed by atoms with Crippen LogP contribution in [0.3, 0.4) is 0 Å². The van der Waals surface area contributed by atoms with Gasteiger partial charge in [-0.05, 0) is 43.4 Å². The van der Waals surface area contributed by atoms with Gasteiger partial charge in [0.25, 0.3) is 0 Å². The van der Waals surface area contributed by atoms with Crippen LogP contribution < -0.4 is 5.32 Å². The molecular formula is C16H24ClNO3. The van der Waals surface area contributed by atoms with E-state index in [9.17, 15) is 10.2 Å². The number of nitrogens with one attached hydrogen (secondary N) is 1. The van der Waals surface area contributed by atoms with E-state index < -0.39 is 6.10 Å². The molecule has 0 aliphatic heterocycles. The lowest BCUT2D eigenvalue weighted by atomic mass is 9.93. The van der Waals surface area contributed by atoms with E-state index in [1.807, 2.05) is 24.3 Å². The minimum Gasteiger partial charge on any atom is -0.393 e. The molecule has 0 heterocycles. The predicted molar refractivity (Wildman–Crippen MR) is 83.4 cm³/mol. The maximum Gasteiger partial charge on any atom is 0.0897 e. The van der Waals surface area contributed by atoms with Crippen LogP contribution in [0.1, 0.15) is 31.2 Å². The Morgan fingerprint density at radius 2 is 1.86 bits per heavy atom. The SMILES string of the molecule is OC1CCC(NC[C@@H](O)COCc2ccc(Cl)cc2)CC1. The van der Waals surface area contributed by atoms with Crippen molar-refractivity contribution in [2.75, 3.05) is 13.2 Å². The average molecular weight is 314 g/mol. The van der Waals surface area contributed by atoms with Crippen molar-refractivity contribution in [2.45, 2.75) is 50.5 Å². The number of ether oxygens (including phenoxy) is 1. The Balaban J connectivity index is 1.57. The molecule has 0 saturated heterocycles. The summed E-state index contributed by atoms with van der Waals surface area (Å²) in [6, 6.07) is 7.89. The highest BCUT2D eigenvalue weighted by Gasteiger charge is 2.19. The lowest BCUT2D eigenvalue weighted by Crippen LogP contribution is -2.40. The van der Waals surface area contributed by atoms with E-state index in [1.54, 1.807) is 0 Å². The van der Waals surface area contributed by atoms with Gasteiger partial charge in [0.2, 0.25) is 0 Å². The topological polar surface area (TPSA) is 61.7 Å². The summed E-state index contributed by atoms with van der Waals surface area (Å²) in [6.07, 6.45) is 2.99. The second-order valence-electron chi connectivity index (χ2n) is 5.71. The van der Waals surface area contributed by atoms with Gasteiger partial charge >= 0.3 is 0 Å². The molecule has 0 unspecified atom stereocenters. The van der Waals surface area contributed by atoms with Gasteiger partial charge in [0.05, 0.1) is 25.4 Å². The molecule has 0 radical (unpaired) electrons.